The lowest BCUT2D eigenvalue weighted by atomic mass is 10.1. The van der Waals surface area contributed by atoms with Crippen LogP contribution in [0.25, 0.3) is 0 Å². The van der Waals surface area contributed by atoms with Gasteiger partial charge in [-0.05, 0) is 12.8 Å². The first-order valence-electron chi connectivity index (χ1n) is 6.20. The van der Waals surface area contributed by atoms with Gasteiger partial charge < -0.3 is 20.1 Å². The van der Waals surface area contributed by atoms with Crippen molar-refractivity contribution in [1.29, 1.82) is 0 Å². The van der Waals surface area contributed by atoms with E-state index >= 15 is 0 Å². The minimum absolute atomic E-state index is 0.266. The third kappa shape index (κ3) is 3.08. The van der Waals surface area contributed by atoms with Gasteiger partial charge in [0, 0.05) is 33.3 Å². The van der Waals surface area contributed by atoms with Crippen molar-refractivity contribution in [2.45, 2.75) is 25.6 Å². The highest BCUT2D eigenvalue weighted by Crippen LogP contribution is 2.20. The maximum atomic E-state index is 9.71. The van der Waals surface area contributed by atoms with Crippen molar-refractivity contribution in [3.63, 3.8) is 0 Å². The van der Waals surface area contributed by atoms with E-state index < -0.39 is 0 Å². The van der Waals surface area contributed by atoms with Crippen LogP contribution in [0.2, 0.25) is 0 Å². The molecule has 1 fully saturated rings. The Morgan fingerprint density at radius 3 is 3.06 bits per heavy atom. The molecule has 2 rings (SSSR count). The molecule has 1 aliphatic heterocycles. The van der Waals surface area contributed by atoms with Gasteiger partial charge in [-0.1, -0.05) is 0 Å². The van der Waals surface area contributed by atoms with E-state index in [1.807, 2.05) is 13.1 Å². The van der Waals surface area contributed by atoms with Crippen molar-refractivity contribution >= 4 is 11.6 Å². The van der Waals surface area contributed by atoms with Gasteiger partial charge >= 0.3 is 0 Å². The summed E-state index contributed by atoms with van der Waals surface area (Å²) in [6, 6.07) is 1.90. The van der Waals surface area contributed by atoms with Crippen molar-refractivity contribution in [3.8, 4) is 0 Å². The summed E-state index contributed by atoms with van der Waals surface area (Å²) in [5, 5.41) is 12.7. The average Bonchev–Trinajstić information content (AvgIpc) is 2.39. The van der Waals surface area contributed by atoms with Crippen LogP contribution in [-0.2, 0) is 11.3 Å². The number of aromatic nitrogens is 2. The van der Waals surface area contributed by atoms with Gasteiger partial charge in [0.05, 0.1) is 6.10 Å². The zero-order valence-corrected chi connectivity index (χ0v) is 10.9. The van der Waals surface area contributed by atoms with Crippen molar-refractivity contribution < 1.29 is 9.84 Å². The number of hydrogen-bond donors (Lipinski definition) is 2. The molecule has 100 valence electrons. The van der Waals surface area contributed by atoms with Gasteiger partial charge in [0.2, 0.25) is 0 Å². The zero-order valence-electron chi connectivity index (χ0n) is 10.9. The third-order valence-electron chi connectivity index (χ3n) is 3.01. The zero-order chi connectivity index (χ0) is 13.0. The number of methoxy groups -OCH3 is 1. The molecule has 0 bridgehead atoms. The molecule has 0 spiro atoms. The predicted octanol–water partition coefficient (Wildman–Crippen LogP) is 0.626. The van der Waals surface area contributed by atoms with Crippen LogP contribution >= 0.6 is 0 Å². The van der Waals surface area contributed by atoms with Crippen LogP contribution in [0.1, 0.15) is 18.7 Å². The topological polar surface area (TPSA) is 70.5 Å². The number of piperidine rings is 1. The number of aliphatic hydroxyl groups excluding tert-OH is 1. The number of hydrogen-bond acceptors (Lipinski definition) is 6. The summed E-state index contributed by atoms with van der Waals surface area (Å²) in [6.45, 7) is 1.94. The number of nitrogens with one attached hydrogen (secondary N) is 1. The molecule has 1 aromatic heterocycles. The minimum Gasteiger partial charge on any atom is -0.391 e. The second-order valence-electron chi connectivity index (χ2n) is 4.45. The van der Waals surface area contributed by atoms with Crippen LogP contribution in [-0.4, -0.2) is 48.4 Å². The van der Waals surface area contributed by atoms with Gasteiger partial charge in [0.25, 0.3) is 0 Å². The molecule has 1 atom stereocenters. The van der Waals surface area contributed by atoms with Crippen molar-refractivity contribution in [1.82, 2.24) is 9.97 Å². The summed E-state index contributed by atoms with van der Waals surface area (Å²) < 4.78 is 5.07. The van der Waals surface area contributed by atoms with Crippen molar-refractivity contribution in [3.05, 3.63) is 11.9 Å². The van der Waals surface area contributed by atoms with E-state index in [0.717, 1.165) is 31.0 Å². The number of ether oxygens (including phenoxy) is 1. The first kappa shape index (κ1) is 13.0. The van der Waals surface area contributed by atoms with E-state index in [2.05, 4.69) is 20.2 Å². The van der Waals surface area contributed by atoms with Gasteiger partial charge in [0.1, 0.15) is 18.2 Å². The second-order valence-corrected chi connectivity index (χ2v) is 4.45. The molecule has 1 aromatic rings. The quantitative estimate of drug-likeness (QED) is 0.819. The summed E-state index contributed by atoms with van der Waals surface area (Å²) in [7, 11) is 3.45. The molecule has 1 aliphatic rings. The number of rotatable bonds is 4. The first-order chi connectivity index (χ1) is 8.72. The Bertz CT molecular complexity index is 400. The molecule has 0 amide bonds. The third-order valence-corrected chi connectivity index (χ3v) is 3.01. The number of anilines is 2. The van der Waals surface area contributed by atoms with Crippen LogP contribution in [0, 0.1) is 0 Å². The van der Waals surface area contributed by atoms with Crippen molar-refractivity contribution in [2.75, 3.05) is 37.5 Å². The maximum Gasteiger partial charge on any atom is 0.158 e. The van der Waals surface area contributed by atoms with Gasteiger partial charge in [0.15, 0.2) is 5.82 Å². The average molecular weight is 252 g/mol. The Balaban J connectivity index is 2.22. The fraction of sp³-hybridized carbons (Fsp3) is 0.667. The molecule has 1 saturated heterocycles. The number of nitrogens with zero attached hydrogens (tertiary/aromatic N) is 3. The Morgan fingerprint density at radius 2 is 2.39 bits per heavy atom. The summed E-state index contributed by atoms with van der Waals surface area (Å²) in [6.07, 6.45) is 1.59. The smallest absolute Gasteiger partial charge is 0.158 e. The fourth-order valence-corrected chi connectivity index (χ4v) is 2.13. The highest BCUT2D eigenvalue weighted by atomic mass is 16.5. The molecule has 1 unspecified atom stereocenters. The molecule has 0 aromatic carbocycles. The molecule has 6 nitrogen and oxygen atoms in total. The summed E-state index contributed by atoms with van der Waals surface area (Å²) in [5.74, 6) is 2.27. The van der Waals surface area contributed by atoms with Crippen LogP contribution in [0.15, 0.2) is 6.07 Å². The molecular weight excluding hydrogens is 232 g/mol. The van der Waals surface area contributed by atoms with E-state index in [-0.39, 0.29) is 6.10 Å². The highest BCUT2D eigenvalue weighted by Gasteiger charge is 2.19. The molecule has 2 heterocycles. The second kappa shape index (κ2) is 5.97. The molecule has 2 N–H and O–H groups in total. The van der Waals surface area contributed by atoms with Gasteiger partial charge in [-0.3, -0.25) is 0 Å². The van der Waals surface area contributed by atoms with E-state index in [1.165, 1.54) is 0 Å². The monoisotopic (exact) mass is 252 g/mol. The lowest BCUT2D eigenvalue weighted by Crippen LogP contribution is -2.38. The predicted molar refractivity (Wildman–Crippen MR) is 69.7 cm³/mol. The first-order valence-corrected chi connectivity index (χ1v) is 6.20. The standard InChI is InChI=1S/C12H20N4O2/c1-13-10-6-12(15-11(14-10)8-18-2)16-5-3-4-9(17)7-16/h6,9,17H,3-5,7-8H2,1-2H3,(H,13,14,15). The Morgan fingerprint density at radius 1 is 1.56 bits per heavy atom. The van der Waals surface area contributed by atoms with Gasteiger partial charge in [-0.15, -0.1) is 0 Å². The fourth-order valence-electron chi connectivity index (χ4n) is 2.13. The minimum atomic E-state index is -0.266. The largest absolute Gasteiger partial charge is 0.391 e. The van der Waals surface area contributed by atoms with Crippen LogP contribution in [0.5, 0.6) is 0 Å². The van der Waals surface area contributed by atoms with Crippen LogP contribution in [0.3, 0.4) is 0 Å². The lowest BCUT2D eigenvalue weighted by molar-refractivity contribution is 0.153. The molecule has 6 heteroatoms. The SMILES string of the molecule is CNc1cc(N2CCCC(O)C2)nc(COC)n1. The van der Waals surface area contributed by atoms with Gasteiger partial charge in [-0.2, -0.15) is 0 Å². The molecule has 18 heavy (non-hydrogen) atoms. The van der Waals surface area contributed by atoms with E-state index in [9.17, 15) is 5.11 Å². The van der Waals surface area contributed by atoms with Gasteiger partial charge in [-0.25, -0.2) is 9.97 Å². The van der Waals surface area contributed by atoms with Crippen molar-refractivity contribution in [2.24, 2.45) is 0 Å². The number of aliphatic hydroxyl groups is 1. The summed E-state index contributed by atoms with van der Waals surface area (Å²) >= 11 is 0. The summed E-state index contributed by atoms with van der Waals surface area (Å²) in [5.41, 5.74) is 0. The normalized spacial score (nSPS) is 19.9. The van der Waals surface area contributed by atoms with E-state index in [1.54, 1.807) is 7.11 Å². The van der Waals surface area contributed by atoms with Crippen LogP contribution < -0.4 is 10.2 Å². The molecular formula is C12H20N4O2. The molecule has 0 radical (unpaired) electrons. The Labute approximate surface area is 107 Å². The Kier molecular flexibility index (Phi) is 4.33. The molecule has 0 saturated carbocycles. The maximum absolute atomic E-state index is 9.71. The van der Waals surface area contributed by atoms with E-state index in [4.69, 9.17) is 4.74 Å². The highest BCUT2D eigenvalue weighted by molar-refractivity contribution is 5.49. The number of β-amino-alcohol motifs (C(OH)–C–C–N with tert-alkyl or cyclic N) is 1. The summed E-state index contributed by atoms with van der Waals surface area (Å²) in [4.78, 5) is 10.9. The lowest BCUT2D eigenvalue weighted by Gasteiger charge is -2.31. The Hall–Kier alpha value is -1.40. The van der Waals surface area contributed by atoms with E-state index in [0.29, 0.717) is 19.0 Å². The van der Waals surface area contributed by atoms with Crippen LogP contribution in [0.4, 0.5) is 11.6 Å². The molecule has 0 aliphatic carbocycles.